The molecule has 0 saturated carbocycles. The smallest absolute Gasteiger partial charge is 0.325 e. The number of aryl methyl sites for hydroxylation is 1. The Bertz CT molecular complexity index is 756. The highest BCUT2D eigenvalue weighted by atomic mass is 16.5. The first kappa shape index (κ1) is 19.3. The number of carbonyl (C=O) groups excluding carboxylic acids is 2. The topological polar surface area (TPSA) is 99.9 Å². The highest BCUT2D eigenvalue weighted by molar-refractivity contribution is 5.96. The Morgan fingerprint density at radius 2 is 1.85 bits per heavy atom. The fraction of sp³-hybridized carbons (Fsp3) is 0.389. The van der Waals surface area contributed by atoms with Gasteiger partial charge in [-0.05, 0) is 39.0 Å². The van der Waals surface area contributed by atoms with Crippen LogP contribution in [-0.4, -0.2) is 36.8 Å². The molecule has 0 aliphatic heterocycles. The molecule has 0 saturated heterocycles. The minimum Gasteiger partial charge on any atom is -0.490 e. The molecule has 1 amide bonds. The van der Waals surface area contributed by atoms with E-state index in [1.54, 1.807) is 31.2 Å². The summed E-state index contributed by atoms with van der Waals surface area (Å²) >= 11 is 0. The van der Waals surface area contributed by atoms with Crippen molar-refractivity contribution in [3.63, 3.8) is 0 Å². The third-order valence-corrected chi connectivity index (χ3v) is 3.26. The van der Waals surface area contributed by atoms with E-state index < -0.39 is 11.9 Å². The molecule has 1 heterocycles. The van der Waals surface area contributed by atoms with Gasteiger partial charge in [-0.2, -0.15) is 0 Å². The summed E-state index contributed by atoms with van der Waals surface area (Å²) in [5, 5.41) is 6.22. The second-order valence-electron chi connectivity index (χ2n) is 5.30. The van der Waals surface area contributed by atoms with Crippen LogP contribution in [0.4, 0.5) is 0 Å². The van der Waals surface area contributed by atoms with Crippen LogP contribution >= 0.6 is 0 Å². The molecule has 8 nitrogen and oxygen atoms in total. The van der Waals surface area contributed by atoms with Gasteiger partial charge in [0.2, 0.25) is 0 Å². The van der Waals surface area contributed by atoms with Crippen molar-refractivity contribution < 1.29 is 28.3 Å². The molecule has 1 N–H and O–H groups in total. The normalized spacial score (nSPS) is 10.3. The summed E-state index contributed by atoms with van der Waals surface area (Å²) in [4.78, 5) is 23.9. The minimum absolute atomic E-state index is 0.0103. The molecule has 0 atom stereocenters. The van der Waals surface area contributed by atoms with Crippen molar-refractivity contribution in [1.82, 2.24) is 10.5 Å². The van der Waals surface area contributed by atoms with E-state index >= 15 is 0 Å². The van der Waals surface area contributed by atoms with Crippen LogP contribution in [0.25, 0.3) is 0 Å². The van der Waals surface area contributed by atoms with Crippen LogP contribution in [0.3, 0.4) is 0 Å². The first-order chi connectivity index (χ1) is 12.5. The number of nitrogens with zero attached hydrogens (tertiary/aromatic N) is 1. The summed E-state index contributed by atoms with van der Waals surface area (Å²) in [6.07, 6.45) is 0. The number of aromatic nitrogens is 1. The number of carbonyl (C=O) groups is 2. The van der Waals surface area contributed by atoms with E-state index in [2.05, 4.69) is 10.5 Å². The van der Waals surface area contributed by atoms with Gasteiger partial charge < -0.3 is 24.1 Å². The molecule has 1 aromatic heterocycles. The molecule has 140 valence electrons. The van der Waals surface area contributed by atoms with Crippen molar-refractivity contribution >= 4 is 11.9 Å². The Morgan fingerprint density at radius 3 is 2.50 bits per heavy atom. The number of amides is 1. The zero-order valence-electron chi connectivity index (χ0n) is 15.0. The quantitative estimate of drug-likeness (QED) is 0.683. The average molecular weight is 362 g/mol. The molecule has 0 fully saturated rings. The Hall–Kier alpha value is -3.03. The Balaban J connectivity index is 1.88. The van der Waals surface area contributed by atoms with Crippen molar-refractivity contribution in [2.24, 2.45) is 0 Å². The molecule has 8 heteroatoms. The highest BCUT2D eigenvalue weighted by Gasteiger charge is 2.13. The number of hydrogen-bond donors (Lipinski definition) is 1. The van der Waals surface area contributed by atoms with Crippen molar-refractivity contribution in [2.75, 3.05) is 19.8 Å². The van der Waals surface area contributed by atoms with E-state index in [0.717, 1.165) is 0 Å². The largest absolute Gasteiger partial charge is 0.490 e. The number of hydrogen-bond acceptors (Lipinski definition) is 7. The van der Waals surface area contributed by atoms with E-state index in [1.165, 1.54) is 0 Å². The SMILES string of the molecule is CCOc1ccc(C(=O)NCC(=O)OCc2cc(C)on2)cc1OCC. The maximum Gasteiger partial charge on any atom is 0.325 e. The minimum atomic E-state index is -0.574. The van der Waals surface area contributed by atoms with Crippen LogP contribution in [-0.2, 0) is 16.1 Å². The van der Waals surface area contributed by atoms with Crippen LogP contribution in [0.2, 0.25) is 0 Å². The van der Waals surface area contributed by atoms with E-state index in [9.17, 15) is 9.59 Å². The molecule has 0 aliphatic carbocycles. The van der Waals surface area contributed by atoms with Gasteiger partial charge in [0.15, 0.2) is 11.5 Å². The number of benzene rings is 1. The van der Waals surface area contributed by atoms with Crippen molar-refractivity contribution in [3.8, 4) is 11.5 Å². The Kier molecular flexibility index (Phi) is 7.02. The van der Waals surface area contributed by atoms with E-state index in [4.69, 9.17) is 18.7 Å². The molecular formula is C18H22N2O6. The summed E-state index contributed by atoms with van der Waals surface area (Å²) in [6, 6.07) is 6.51. The number of nitrogens with one attached hydrogen (secondary N) is 1. The molecule has 2 aromatic rings. The molecule has 0 bridgehead atoms. The Morgan fingerprint density at radius 1 is 1.12 bits per heavy atom. The molecule has 2 rings (SSSR count). The summed E-state index contributed by atoms with van der Waals surface area (Å²) in [7, 11) is 0. The molecule has 0 spiro atoms. The summed E-state index contributed by atoms with van der Waals surface area (Å²) < 4.78 is 20.8. The van der Waals surface area contributed by atoms with Crippen LogP contribution in [0, 0.1) is 6.92 Å². The van der Waals surface area contributed by atoms with Gasteiger partial charge in [0, 0.05) is 11.6 Å². The first-order valence-corrected chi connectivity index (χ1v) is 8.29. The van der Waals surface area contributed by atoms with Crippen LogP contribution < -0.4 is 14.8 Å². The van der Waals surface area contributed by atoms with E-state index in [0.29, 0.717) is 41.7 Å². The number of ether oxygens (including phenoxy) is 3. The predicted molar refractivity (Wildman–Crippen MR) is 92.1 cm³/mol. The molecule has 0 unspecified atom stereocenters. The lowest BCUT2D eigenvalue weighted by Crippen LogP contribution is -2.30. The van der Waals surface area contributed by atoms with Gasteiger partial charge in [-0.15, -0.1) is 0 Å². The summed E-state index contributed by atoms with van der Waals surface area (Å²) in [6.45, 7) is 6.11. The highest BCUT2D eigenvalue weighted by Crippen LogP contribution is 2.28. The van der Waals surface area contributed by atoms with Gasteiger partial charge in [-0.25, -0.2) is 0 Å². The average Bonchev–Trinajstić information content (AvgIpc) is 3.05. The molecule has 0 aliphatic rings. The fourth-order valence-electron chi connectivity index (χ4n) is 2.14. The van der Waals surface area contributed by atoms with Crippen molar-refractivity contribution in [2.45, 2.75) is 27.4 Å². The van der Waals surface area contributed by atoms with E-state index in [-0.39, 0.29) is 13.2 Å². The maximum atomic E-state index is 12.2. The summed E-state index contributed by atoms with van der Waals surface area (Å²) in [5.74, 6) is 0.683. The number of esters is 1. The lowest BCUT2D eigenvalue weighted by molar-refractivity contribution is -0.143. The standard InChI is InChI=1S/C18H22N2O6/c1-4-23-15-7-6-13(9-16(15)24-5-2)18(22)19-10-17(21)25-11-14-8-12(3)26-20-14/h6-9H,4-5,10-11H2,1-3H3,(H,19,22). The van der Waals surface area contributed by atoms with Crippen molar-refractivity contribution in [1.29, 1.82) is 0 Å². The zero-order valence-corrected chi connectivity index (χ0v) is 15.0. The monoisotopic (exact) mass is 362 g/mol. The second-order valence-corrected chi connectivity index (χ2v) is 5.30. The predicted octanol–water partition coefficient (Wildman–Crippen LogP) is 2.25. The number of rotatable bonds is 9. The third-order valence-electron chi connectivity index (χ3n) is 3.26. The van der Waals surface area contributed by atoms with Gasteiger partial charge in [0.1, 0.15) is 24.6 Å². The second kappa shape index (κ2) is 9.45. The van der Waals surface area contributed by atoms with Gasteiger partial charge in [-0.1, -0.05) is 5.16 Å². The maximum absolute atomic E-state index is 12.2. The van der Waals surface area contributed by atoms with Gasteiger partial charge in [0.25, 0.3) is 5.91 Å². The van der Waals surface area contributed by atoms with E-state index in [1.807, 2.05) is 13.8 Å². The molecular weight excluding hydrogens is 340 g/mol. The van der Waals surface area contributed by atoms with Crippen LogP contribution in [0.5, 0.6) is 11.5 Å². The molecule has 0 radical (unpaired) electrons. The van der Waals surface area contributed by atoms with Gasteiger partial charge in [-0.3, -0.25) is 9.59 Å². The fourth-order valence-corrected chi connectivity index (χ4v) is 2.14. The summed E-state index contributed by atoms with van der Waals surface area (Å²) in [5.41, 5.74) is 0.867. The zero-order chi connectivity index (χ0) is 18.9. The van der Waals surface area contributed by atoms with Crippen molar-refractivity contribution in [3.05, 3.63) is 41.3 Å². The van der Waals surface area contributed by atoms with Gasteiger partial charge >= 0.3 is 5.97 Å². The molecule has 26 heavy (non-hydrogen) atoms. The van der Waals surface area contributed by atoms with Gasteiger partial charge in [0.05, 0.1) is 13.2 Å². The lowest BCUT2D eigenvalue weighted by atomic mass is 10.2. The lowest BCUT2D eigenvalue weighted by Gasteiger charge is -2.12. The Labute approximate surface area is 151 Å². The third kappa shape index (κ3) is 5.51. The van der Waals surface area contributed by atoms with Crippen LogP contribution in [0.15, 0.2) is 28.8 Å². The van der Waals surface area contributed by atoms with Crippen LogP contribution in [0.1, 0.15) is 35.7 Å². The first-order valence-electron chi connectivity index (χ1n) is 8.29. The molecule has 1 aromatic carbocycles.